The van der Waals surface area contributed by atoms with Gasteiger partial charge in [0.2, 0.25) is 0 Å². The molecule has 1 heterocycles. The van der Waals surface area contributed by atoms with Gasteiger partial charge in [-0.1, -0.05) is 23.7 Å². The fourth-order valence-corrected chi connectivity index (χ4v) is 2.72. The van der Waals surface area contributed by atoms with Crippen LogP contribution in [0.4, 0.5) is 0 Å². The number of benzene rings is 1. The fraction of sp³-hybridized carbons (Fsp3) is 0.231. The van der Waals surface area contributed by atoms with Crippen molar-refractivity contribution < 1.29 is 4.79 Å². The van der Waals surface area contributed by atoms with E-state index in [4.69, 9.17) is 11.6 Å². The Labute approximate surface area is 109 Å². The van der Waals surface area contributed by atoms with E-state index in [0.29, 0.717) is 9.90 Å². The zero-order chi connectivity index (χ0) is 12.6. The van der Waals surface area contributed by atoms with Crippen LogP contribution in [0.3, 0.4) is 0 Å². The predicted molar refractivity (Wildman–Crippen MR) is 72.0 cm³/mol. The number of carbonyl (C=O) groups excluding carboxylic acids is 1. The molecule has 0 atom stereocenters. The zero-order valence-electron chi connectivity index (χ0n) is 9.87. The van der Waals surface area contributed by atoms with Gasteiger partial charge in [0.25, 0.3) is 0 Å². The lowest BCUT2D eigenvalue weighted by Crippen LogP contribution is -1.93. The number of thiazole rings is 1. The molecule has 0 saturated carbocycles. The number of carbonyl (C=O) groups is 1. The highest BCUT2D eigenvalue weighted by atomic mass is 35.5. The van der Waals surface area contributed by atoms with Gasteiger partial charge in [0.1, 0.15) is 0 Å². The monoisotopic (exact) mass is 265 g/mol. The number of rotatable bonds is 2. The van der Waals surface area contributed by atoms with Crippen LogP contribution in [0.25, 0.3) is 11.3 Å². The topological polar surface area (TPSA) is 30.0 Å². The van der Waals surface area contributed by atoms with Crippen LogP contribution in [0.5, 0.6) is 0 Å². The molecule has 0 N–H and O–H groups in total. The first-order chi connectivity index (χ1) is 8.00. The number of Topliss-reactive ketones (excluding diaryl/α,β-unsaturated/α-hetero) is 1. The van der Waals surface area contributed by atoms with Gasteiger partial charge in [0.15, 0.2) is 5.78 Å². The summed E-state index contributed by atoms with van der Waals surface area (Å²) in [6.07, 6.45) is 0. The van der Waals surface area contributed by atoms with E-state index < -0.39 is 0 Å². The number of ketones is 1. The fourth-order valence-electron chi connectivity index (χ4n) is 1.71. The van der Waals surface area contributed by atoms with E-state index in [1.807, 2.05) is 32.0 Å². The maximum atomic E-state index is 11.6. The molecule has 1 aromatic carbocycles. The third-order valence-corrected chi connectivity index (χ3v) is 4.06. The van der Waals surface area contributed by atoms with E-state index in [2.05, 4.69) is 4.98 Å². The number of hydrogen-bond acceptors (Lipinski definition) is 3. The molecule has 1 aromatic heterocycles. The van der Waals surface area contributed by atoms with Crippen molar-refractivity contribution in [1.29, 1.82) is 0 Å². The van der Waals surface area contributed by atoms with Crippen molar-refractivity contribution in [3.05, 3.63) is 38.7 Å². The minimum atomic E-state index is 0.0463. The maximum absolute atomic E-state index is 11.6. The molecule has 0 fully saturated rings. The van der Waals surface area contributed by atoms with Crippen molar-refractivity contribution in [2.24, 2.45) is 0 Å². The molecule has 0 aliphatic rings. The minimum Gasteiger partial charge on any atom is -0.294 e. The first-order valence-electron chi connectivity index (χ1n) is 5.24. The number of nitrogens with zero attached hydrogens (tertiary/aromatic N) is 1. The Bertz CT molecular complexity index is 589. The summed E-state index contributed by atoms with van der Waals surface area (Å²) in [6.45, 7) is 5.41. The smallest absolute Gasteiger partial charge is 0.172 e. The van der Waals surface area contributed by atoms with Gasteiger partial charge in [-0.25, -0.2) is 4.98 Å². The Morgan fingerprint density at radius 1 is 1.35 bits per heavy atom. The van der Waals surface area contributed by atoms with Crippen LogP contribution in [-0.2, 0) is 0 Å². The molecule has 4 heteroatoms. The van der Waals surface area contributed by atoms with Crippen LogP contribution < -0.4 is 0 Å². The molecule has 0 unspecified atom stereocenters. The Hall–Kier alpha value is -1.19. The second-order valence-corrected chi connectivity index (χ2v) is 5.49. The molecule has 2 nitrogen and oxygen atoms in total. The molecule has 2 aromatic rings. The predicted octanol–water partition coefficient (Wildman–Crippen LogP) is 4.28. The van der Waals surface area contributed by atoms with Crippen LogP contribution in [0, 0.1) is 13.8 Å². The van der Waals surface area contributed by atoms with Crippen LogP contribution in [0.2, 0.25) is 5.02 Å². The van der Waals surface area contributed by atoms with E-state index in [1.165, 1.54) is 11.3 Å². The first kappa shape index (κ1) is 12.3. The van der Waals surface area contributed by atoms with Gasteiger partial charge in [-0.15, -0.1) is 11.3 Å². The SMILES string of the molecule is CC(=O)c1sc(C)nc1-c1cccc(Cl)c1C. The van der Waals surface area contributed by atoms with Gasteiger partial charge in [0.05, 0.1) is 15.6 Å². The number of halogens is 1. The molecule has 0 aliphatic heterocycles. The van der Waals surface area contributed by atoms with Crippen LogP contribution in [0.1, 0.15) is 27.2 Å². The average molecular weight is 266 g/mol. The molecule has 88 valence electrons. The van der Waals surface area contributed by atoms with Crippen LogP contribution in [-0.4, -0.2) is 10.8 Å². The van der Waals surface area contributed by atoms with E-state index in [0.717, 1.165) is 21.8 Å². The minimum absolute atomic E-state index is 0.0463. The van der Waals surface area contributed by atoms with Gasteiger partial charge < -0.3 is 0 Å². The summed E-state index contributed by atoms with van der Waals surface area (Å²) in [4.78, 5) is 16.7. The Morgan fingerprint density at radius 3 is 2.71 bits per heavy atom. The van der Waals surface area contributed by atoms with Crippen LogP contribution >= 0.6 is 22.9 Å². The molecule has 0 aliphatic carbocycles. The van der Waals surface area contributed by atoms with Crippen molar-refractivity contribution in [1.82, 2.24) is 4.98 Å². The van der Waals surface area contributed by atoms with E-state index in [9.17, 15) is 4.79 Å². The summed E-state index contributed by atoms with van der Waals surface area (Å²) in [5, 5.41) is 1.59. The lowest BCUT2D eigenvalue weighted by molar-refractivity contribution is 0.102. The van der Waals surface area contributed by atoms with Gasteiger partial charge in [-0.3, -0.25) is 4.79 Å². The molecule has 0 spiro atoms. The zero-order valence-corrected chi connectivity index (χ0v) is 11.4. The molecule has 2 rings (SSSR count). The average Bonchev–Trinajstić information content (AvgIpc) is 2.64. The summed E-state index contributed by atoms with van der Waals surface area (Å²) in [5.41, 5.74) is 2.65. The highest BCUT2D eigenvalue weighted by Gasteiger charge is 2.17. The van der Waals surface area contributed by atoms with Crippen molar-refractivity contribution in [3.8, 4) is 11.3 Å². The van der Waals surface area contributed by atoms with Gasteiger partial charge in [0, 0.05) is 17.5 Å². The third kappa shape index (κ3) is 2.26. The largest absolute Gasteiger partial charge is 0.294 e. The summed E-state index contributed by atoms with van der Waals surface area (Å²) in [5.74, 6) is 0.0463. The molecule has 0 saturated heterocycles. The highest BCUT2D eigenvalue weighted by molar-refractivity contribution is 7.14. The van der Waals surface area contributed by atoms with Crippen molar-refractivity contribution >= 4 is 28.7 Å². The van der Waals surface area contributed by atoms with Gasteiger partial charge in [-0.05, 0) is 25.5 Å². The quantitative estimate of drug-likeness (QED) is 0.759. The molecule has 0 radical (unpaired) electrons. The maximum Gasteiger partial charge on any atom is 0.172 e. The Balaban J connectivity index is 2.68. The van der Waals surface area contributed by atoms with Crippen LogP contribution in [0.15, 0.2) is 18.2 Å². The Kier molecular flexibility index (Phi) is 3.31. The van der Waals surface area contributed by atoms with Crippen molar-refractivity contribution in [3.63, 3.8) is 0 Å². The third-order valence-electron chi connectivity index (χ3n) is 2.58. The molecule has 0 amide bonds. The lowest BCUT2D eigenvalue weighted by atomic mass is 10.0. The standard InChI is InChI=1S/C13H12ClNOS/c1-7-10(5-4-6-11(7)14)12-13(8(2)16)17-9(3)15-12/h4-6H,1-3H3. The normalized spacial score (nSPS) is 10.6. The number of aryl methyl sites for hydroxylation is 1. The highest BCUT2D eigenvalue weighted by Crippen LogP contribution is 2.33. The number of hydrogen-bond donors (Lipinski definition) is 0. The summed E-state index contributed by atoms with van der Waals surface area (Å²) >= 11 is 7.52. The molecular formula is C13H12ClNOS. The van der Waals surface area contributed by atoms with E-state index in [1.54, 1.807) is 6.92 Å². The summed E-state index contributed by atoms with van der Waals surface area (Å²) < 4.78 is 0. The second-order valence-electron chi connectivity index (χ2n) is 3.88. The number of aromatic nitrogens is 1. The van der Waals surface area contributed by atoms with Crippen molar-refractivity contribution in [2.45, 2.75) is 20.8 Å². The molecule has 0 bridgehead atoms. The first-order valence-corrected chi connectivity index (χ1v) is 6.44. The Morgan fingerprint density at radius 2 is 2.06 bits per heavy atom. The van der Waals surface area contributed by atoms with Gasteiger partial charge >= 0.3 is 0 Å². The summed E-state index contributed by atoms with van der Waals surface area (Å²) in [6, 6.07) is 5.67. The molecular weight excluding hydrogens is 254 g/mol. The van der Waals surface area contributed by atoms with Crippen molar-refractivity contribution in [2.75, 3.05) is 0 Å². The van der Waals surface area contributed by atoms with Gasteiger partial charge in [-0.2, -0.15) is 0 Å². The van der Waals surface area contributed by atoms with E-state index >= 15 is 0 Å². The summed E-state index contributed by atoms with van der Waals surface area (Å²) in [7, 11) is 0. The molecule has 17 heavy (non-hydrogen) atoms. The lowest BCUT2D eigenvalue weighted by Gasteiger charge is -2.05. The van der Waals surface area contributed by atoms with E-state index in [-0.39, 0.29) is 5.78 Å². The second kappa shape index (κ2) is 4.59.